The molecule has 1 rings (SSSR count). The Balaban J connectivity index is 3.03. The minimum atomic E-state index is -0.218. The van der Waals surface area contributed by atoms with Crippen molar-refractivity contribution in [3.63, 3.8) is 0 Å². The maximum absolute atomic E-state index is 12.5. The van der Waals surface area contributed by atoms with Gasteiger partial charge in [0.15, 0.2) is 17.3 Å². The standard InChI is InChI=1S/C14H21N3O4/c1-4-7-17(9-13(15)16-19)14(18)10-5-6-11(20-2)12(8-10)21-3/h5-6,8,19H,4,7,9H2,1-3H3,(H2,15,16). The van der Waals surface area contributed by atoms with Crippen molar-refractivity contribution in [3.8, 4) is 11.5 Å². The highest BCUT2D eigenvalue weighted by Crippen LogP contribution is 2.28. The maximum Gasteiger partial charge on any atom is 0.254 e. The molecule has 0 atom stereocenters. The van der Waals surface area contributed by atoms with Gasteiger partial charge in [-0.15, -0.1) is 0 Å². The first kappa shape index (κ1) is 16.6. The lowest BCUT2D eigenvalue weighted by molar-refractivity contribution is 0.0778. The van der Waals surface area contributed by atoms with E-state index >= 15 is 0 Å². The monoisotopic (exact) mass is 295 g/mol. The number of oxime groups is 1. The number of methoxy groups -OCH3 is 2. The first-order chi connectivity index (χ1) is 10.1. The molecule has 0 aliphatic heterocycles. The molecule has 116 valence electrons. The molecule has 0 saturated heterocycles. The molecule has 0 fully saturated rings. The fraction of sp³-hybridized carbons (Fsp3) is 0.429. The average Bonchev–Trinajstić information content (AvgIpc) is 2.52. The van der Waals surface area contributed by atoms with Crippen LogP contribution in [0.2, 0.25) is 0 Å². The van der Waals surface area contributed by atoms with Crippen LogP contribution in [0.15, 0.2) is 23.4 Å². The summed E-state index contributed by atoms with van der Waals surface area (Å²) in [6.07, 6.45) is 0.762. The molecule has 7 heteroatoms. The number of benzene rings is 1. The number of amidine groups is 1. The van der Waals surface area contributed by atoms with E-state index in [1.165, 1.54) is 19.1 Å². The van der Waals surface area contributed by atoms with Crippen molar-refractivity contribution in [2.24, 2.45) is 10.9 Å². The van der Waals surface area contributed by atoms with Crippen LogP contribution >= 0.6 is 0 Å². The second-order valence-electron chi connectivity index (χ2n) is 4.39. The Hall–Kier alpha value is -2.44. The number of nitrogens with two attached hydrogens (primary N) is 1. The van der Waals surface area contributed by atoms with Gasteiger partial charge < -0.3 is 25.3 Å². The van der Waals surface area contributed by atoms with Gasteiger partial charge in [0.1, 0.15) is 0 Å². The van der Waals surface area contributed by atoms with Crippen LogP contribution in [-0.4, -0.2) is 49.2 Å². The highest BCUT2D eigenvalue weighted by molar-refractivity contribution is 5.97. The predicted octanol–water partition coefficient (Wildman–Crippen LogP) is 1.30. The van der Waals surface area contributed by atoms with E-state index in [0.29, 0.717) is 23.6 Å². The van der Waals surface area contributed by atoms with Crippen molar-refractivity contribution in [1.29, 1.82) is 0 Å². The minimum absolute atomic E-state index is 0.0164. The molecule has 0 saturated carbocycles. The van der Waals surface area contributed by atoms with Gasteiger partial charge >= 0.3 is 0 Å². The number of ether oxygens (including phenoxy) is 2. The zero-order valence-electron chi connectivity index (χ0n) is 12.5. The van der Waals surface area contributed by atoms with E-state index < -0.39 is 0 Å². The Bertz CT molecular complexity index is 517. The SMILES string of the molecule is CCCN(CC(N)=NO)C(=O)c1ccc(OC)c(OC)c1. The first-order valence-corrected chi connectivity index (χ1v) is 6.55. The van der Waals surface area contributed by atoms with Crippen molar-refractivity contribution < 1.29 is 19.5 Å². The van der Waals surface area contributed by atoms with Crippen LogP contribution in [0.25, 0.3) is 0 Å². The molecule has 1 amide bonds. The lowest BCUT2D eigenvalue weighted by atomic mass is 10.1. The van der Waals surface area contributed by atoms with Crippen molar-refractivity contribution in [3.05, 3.63) is 23.8 Å². The van der Waals surface area contributed by atoms with Gasteiger partial charge in [-0.2, -0.15) is 0 Å². The highest BCUT2D eigenvalue weighted by atomic mass is 16.5. The maximum atomic E-state index is 12.5. The molecule has 0 aliphatic carbocycles. The van der Waals surface area contributed by atoms with Gasteiger partial charge in [0, 0.05) is 12.1 Å². The number of carbonyl (C=O) groups excluding carboxylic acids is 1. The van der Waals surface area contributed by atoms with Crippen LogP contribution in [0.1, 0.15) is 23.7 Å². The van der Waals surface area contributed by atoms with Gasteiger partial charge in [0.05, 0.1) is 20.8 Å². The average molecular weight is 295 g/mol. The van der Waals surface area contributed by atoms with E-state index in [0.717, 1.165) is 6.42 Å². The minimum Gasteiger partial charge on any atom is -0.493 e. The van der Waals surface area contributed by atoms with E-state index in [1.807, 2.05) is 6.92 Å². The van der Waals surface area contributed by atoms with Gasteiger partial charge in [0.25, 0.3) is 5.91 Å². The van der Waals surface area contributed by atoms with Crippen LogP contribution in [0.3, 0.4) is 0 Å². The quantitative estimate of drug-likeness (QED) is 0.342. The summed E-state index contributed by atoms with van der Waals surface area (Å²) in [5.41, 5.74) is 5.93. The Labute approximate surface area is 123 Å². The number of hydrogen-bond acceptors (Lipinski definition) is 5. The summed E-state index contributed by atoms with van der Waals surface area (Å²) in [5, 5.41) is 11.5. The Morgan fingerprint density at radius 2 is 2.00 bits per heavy atom. The van der Waals surface area contributed by atoms with Crippen molar-refractivity contribution in [1.82, 2.24) is 4.90 Å². The summed E-state index contributed by atoms with van der Waals surface area (Å²) >= 11 is 0. The van der Waals surface area contributed by atoms with Crippen molar-refractivity contribution in [2.75, 3.05) is 27.3 Å². The Morgan fingerprint density at radius 1 is 1.33 bits per heavy atom. The van der Waals surface area contributed by atoms with Gasteiger partial charge in [-0.3, -0.25) is 4.79 Å². The zero-order valence-corrected chi connectivity index (χ0v) is 12.5. The van der Waals surface area contributed by atoms with E-state index in [2.05, 4.69) is 5.16 Å². The summed E-state index contributed by atoms with van der Waals surface area (Å²) < 4.78 is 10.3. The second-order valence-corrected chi connectivity index (χ2v) is 4.39. The van der Waals surface area contributed by atoms with Crippen molar-refractivity contribution >= 4 is 11.7 Å². The van der Waals surface area contributed by atoms with E-state index in [9.17, 15) is 4.79 Å². The Kier molecular flexibility index (Phi) is 6.32. The number of amides is 1. The molecule has 0 bridgehead atoms. The molecule has 0 unspecified atom stereocenters. The summed E-state index contributed by atoms with van der Waals surface area (Å²) in [4.78, 5) is 14.0. The molecular weight excluding hydrogens is 274 g/mol. The third-order valence-corrected chi connectivity index (χ3v) is 2.89. The molecular formula is C14H21N3O4. The van der Waals surface area contributed by atoms with Crippen LogP contribution in [0.4, 0.5) is 0 Å². The smallest absolute Gasteiger partial charge is 0.254 e. The lowest BCUT2D eigenvalue weighted by Crippen LogP contribution is -2.39. The molecule has 0 spiro atoms. The van der Waals surface area contributed by atoms with Gasteiger partial charge in [-0.1, -0.05) is 12.1 Å². The van der Waals surface area contributed by atoms with E-state index in [-0.39, 0.29) is 18.3 Å². The van der Waals surface area contributed by atoms with E-state index in [1.54, 1.807) is 18.2 Å². The third kappa shape index (κ3) is 4.27. The molecule has 1 aromatic carbocycles. The fourth-order valence-electron chi connectivity index (χ4n) is 1.90. The number of carbonyl (C=O) groups is 1. The van der Waals surface area contributed by atoms with E-state index in [4.69, 9.17) is 20.4 Å². The molecule has 0 radical (unpaired) electrons. The summed E-state index contributed by atoms with van der Waals surface area (Å²) in [6, 6.07) is 4.93. The topological polar surface area (TPSA) is 97.4 Å². The molecule has 21 heavy (non-hydrogen) atoms. The molecule has 3 N–H and O–H groups in total. The molecule has 0 heterocycles. The number of hydrogen-bond donors (Lipinski definition) is 2. The van der Waals surface area contributed by atoms with Gasteiger partial charge in [-0.05, 0) is 24.6 Å². The normalized spacial score (nSPS) is 11.1. The second kappa shape index (κ2) is 7.98. The summed E-state index contributed by atoms with van der Waals surface area (Å²) in [6.45, 7) is 2.52. The summed E-state index contributed by atoms with van der Waals surface area (Å²) in [7, 11) is 3.04. The van der Waals surface area contributed by atoms with Crippen LogP contribution in [0, 0.1) is 0 Å². The molecule has 0 aliphatic rings. The van der Waals surface area contributed by atoms with Crippen LogP contribution < -0.4 is 15.2 Å². The first-order valence-electron chi connectivity index (χ1n) is 6.55. The van der Waals surface area contributed by atoms with Crippen molar-refractivity contribution in [2.45, 2.75) is 13.3 Å². The molecule has 0 aromatic heterocycles. The summed E-state index contributed by atoms with van der Waals surface area (Å²) in [5.74, 6) is 0.790. The lowest BCUT2D eigenvalue weighted by Gasteiger charge is -2.21. The third-order valence-electron chi connectivity index (χ3n) is 2.89. The number of rotatable bonds is 7. The fourth-order valence-corrected chi connectivity index (χ4v) is 1.90. The number of nitrogens with zero attached hydrogens (tertiary/aromatic N) is 2. The zero-order chi connectivity index (χ0) is 15.8. The largest absolute Gasteiger partial charge is 0.493 e. The molecule has 7 nitrogen and oxygen atoms in total. The van der Waals surface area contributed by atoms with Gasteiger partial charge in [0.2, 0.25) is 0 Å². The predicted molar refractivity (Wildman–Crippen MR) is 79.1 cm³/mol. The highest BCUT2D eigenvalue weighted by Gasteiger charge is 2.18. The van der Waals surface area contributed by atoms with Crippen LogP contribution in [0.5, 0.6) is 11.5 Å². The van der Waals surface area contributed by atoms with Crippen LogP contribution in [-0.2, 0) is 0 Å². The van der Waals surface area contributed by atoms with Gasteiger partial charge in [-0.25, -0.2) is 0 Å². The molecule has 1 aromatic rings. The Morgan fingerprint density at radius 3 is 2.52 bits per heavy atom.